The number of aliphatic imine (C=N–C) groups is 1. The molecule has 1 heterocycles. The summed E-state index contributed by atoms with van der Waals surface area (Å²) in [5.41, 5.74) is 0.0142. The molecule has 0 radical (unpaired) electrons. The fraction of sp³-hybridized carbons (Fsp3) is 0.310. The molecular formula is C29H30Cl2N2O6S. The van der Waals surface area contributed by atoms with Crippen LogP contribution >= 0.6 is 23.2 Å². The van der Waals surface area contributed by atoms with E-state index >= 15 is 0 Å². The first-order valence-corrected chi connectivity index (χ1v) is 15.2. The summed E-state index contributed by atoms with van der Waals surface area (Å²) in [6.45, 7) is 0.584. The number of carbonyl (C=O) groups excluding carboxylic acids is 1. The van der Waals surface area contributed by atoms with E-state index in [-0.39, 0.29) is 42.7 Å². The van der Waals surface area contributed by atoms with Gasteiger partial charge >= 0.3 is 0 Å². The fourth-order valence-corrected chi connectivity index (χ4v) is 6.07. The Morgan fingerprint density at radius 2 is 1.82 bits per heavy atom. The highest BCUT2D eigenvalue weighted by Gasteiger charge is 2.45. The maximum atomic E-state index is 13.5. The zero-order chi connectivity index (χ0) is 28.6. The second-order valence-electron chi connectivity index (χ2n) is 9.31. The summed E-state index contributed by atoms with van der Waals surface area (Å²) >= 11 is 12.2. The van der Waals surface area contributed by atoms with Crippen molar-refractivity contribution in [3.8, 4) is 5.75 Å². The first kappa shape index (κ1) is 29.9. The Hall–Kier alpha value is -3.11. The third-order valence-corrected chi connectivity index (χ3v) is 8.76. The van der Waals surface area contributed by atoms with E-state index in [1.807, 2.05) is 0 Å². The van der Waals surface area contributed by atoms with Crippen molar-refractivity contribution in [2.24, 2.45) is 4.99 Å². The number of aliphatic hydroxyl groups excluding tert-OH is 1. The van der Waals surface area contributed by atoms with Crippen LogP contribution in [0.15, 0.2) is 82.7 Å². The molecule has 2 N–H and O–H groups in total. The standard InChI is InChI=1S/C29H30Cl2N2O6S/c30-23-10-7-21(26(31)19-23)13-15-32-28(35)29(14-18-40(36,37)25-5-2-1-3-6-25)20-39-27(33-29)22-8-11-24(12-9-22)38-17-4-16-34/h1-3,5-12,19,34H,4,13-18,20H2,(H,32,35)/t29-/m1/s1. The quantitative estimate of drug-likeness (QED) is 0.278. The van der Waals surface area contributed by atoms with Crippen LogP contribution < -0.4 is 10.1 Å². The van der Waals surface area contributed by atoms with E-state index in [0.29, 0.717) is 40.8 Å². The molecule has 8 nitrogen and oxygen atoms in total. The van der Waals surface area contributed by atoms with Gasteiger partial charge in [-0.3, -0.25) is 4.79 Å². The van der Waals surface area contributed by atoms with Crippen LogP contribution in [0.5, 0.6) is 5.75 Å². The number of amides is 1. The average molecular weight is 606 g/mol. The molecule has 0 unspecified atom stereocenters. The van der Waals surface area contributed by atoms with Crippen LogP contribution in [0.1, 0.15) is 24.0 Å². The molecular weight excluding hydrogens is 575 g/mol. The molecule has 3 aromatic rings. The number of sulfone groups is 1. The molecule has 0 fully saturated rings. The number of ether oxygens (including phenoxy) is 2. The second kappa shape index (κ2) is 13.5. The Kier molecular flexibility index (Phi) is 10.1. The molecule has 0 aliphatic carbocycles. The maximum Gasteiger partial charge on any atom is 0.251 e. The number of aliphatic hydroxyl groups is 1. The van der Waals surface area contributed by atoms with Crippen molar-refractivity contribution in [3.63, 3.8) is 0 Å². The van der Waals surface area contributed by atoms with E-state index in [2.05, 4.69) is 10.3 Å². The zero-order valence-corrected chi connectivity index (χ0v) is 24.0. The summed E-state index contributed by atoms with van der Waals surface area (Å²) in [7, 11) is -3.66. The number of nitrogens with one attached hydrogen (secondary N) is 1. The minimum Gasteiger partial charge on any atom is -0.494 e. The SMILES string of the molecule is O=C(NCCc1ccc(Cl)cc1Cl)[C@@]1(CCS(=O)(=O)c2ccccc2)COC(c2ccc(OCCCO)cc2)=N1. The summed E-state index contributed by atoms with van der Waals surface area (Å²) in [6, 6.07) is 20.3. The third kappa shape index (κ3) is 7.54. The fourth-order valence-electron chi connectivity index (χ4n) is 4.15. The summed E-state index contributed by atoms with van der Waals surface area (Å²) in [5.74, 6) is 0.148. The Morgan fingerprint density at radius 1 is 1.07 bits per heavy atom. The molecule has 1 atom stereocenters. The van der Waals surface area contributed by atoms with Crippen LogP contribution in [0.25, 0.3) is 0 Å². The van der Waals surface area contributed by atoms with Crippen LogP contribution in [0, 0.1) is 0 Å². The highest BCUT2D eigenvalue weighted by atomic mass is 35.5. The largest absolute Gasteiger partial charge is 0.494 e. The molecule has 4 rings (SSSR count). The van der Waals surface area contributed by atoms with Gasteiger partial charge in [0.1, 0.15) is 12.4 Å². The molecule has 1 aliphatic heterocycles. The molecule has 40 heavy (non-hydrogen) atoms. The molecule has 0 bridgehead atoms. The smallest absolute Gasteiger partial charge is 0.251 e. The van der Waals surface area contributed by atoms with Gasteiger partial charge in [0, 0.05) is 35.2 Å². The molecule has 212 valence electrons. The van der Waals surface area contributed by atoms with Gasteiger partial charge in [-0.25, -0.2) is 13.4 Å². The van der Waals surface area contributed by atoms with Crippen molar-refractivity contribution in [3.05, 3.63) is 94.0 Å². The molecule has 0 saturated heterocycles. The third-order valence-electron chi connectivity index (χ3n) is 6.44. The van der Waals surface area contributed by atoms with E-state index in [9.17, 15) is 13.2 Å². The Bertz CT molecular complexity index is 1450. The van der Waals surface area contributed by atoms with E-state index in [0.717, 1.165) is 5.56 Å². The number of halogens is 2. The van der Waals surface area contributed by atoms with Crippen molar-refractivity contribution in [2.45, 2.75) is 29.7 Å². The van der Waals surface area contributed by atoms with Crippen LogP contribution in [-0.4, -0.2) is 63.0 Å². The zero-order valence-electron chi connectivity index (χ0n) is 21.7. The molecule has 0 saturated carbocycles. The van der Waals surface area contributed by atoms with Crippen molar-refractivity contribution in [1.82, 2.24) is 5.32 Å². The van der Waals surface area contributed by atoms with Gasteiger partial charge in [-0.15, -0.1) is 0 Å². The highest BCUT2D eigenvalue weighted by Crippen LogP contribution is 2.29. The minimum absolute atomic E-state index is 0.0413. The van der Waals surface area contributed by atoms with Crippen LogP contribution in [0.2, 0.25) is 10.0 Å². The maximum absolute atomic E-state index is 13.5. The molecule has 0 aromatic heterocycles. The summed E-state index contributed by atoms with van der Waals surface area (Å²) in [5, 5.41) is 12.8. The lowest BCUT2D eigenvalue weighted by Crippen LogP contribution is -2.48. The summed E-state index contributed by atoms with van der Waals surface area (Å²) < 4.78 is 37.5. The van der Waals surface area contributed by atoms with Gasteiger partial charge in [0.15, 0.2) is 15.4 Å². The van der Waals surface area contributed by atoms with E-state index < -0.39 is 21.3 Å². The average Bonchev–Trinajstić information content (AvgIpc) is 3.40. The minimum atomic E-state index is -3.66. The van der Waals surface area contributed by atoms with Crippen molar-refractivity contribution in [2.75, 3.05) is 32.1 Å². The predicted molar refractivity (Wildman–Crippen MR) is 155 cm³/mol. The Balaban J connectivity index is 1.52. The number of rotatable bonds is 13. The number of nitrogens with zero attached hydrogens (tertiary/aromatic N) is 1. The van der Waals surface area contributed by atoms with Crippen LogP contribution in [0.4, 0.5) is 0 Å². The van der Waals surface area contributed by atoms with Gasteiger partial charge in [0.05, 0.1) is 17.3 Å². The topological polar surface area (TPSA) is 114 Å². The number of benzene rings is 3. The van der Waals surface area contributed by atoms with Gasteiger partial charge < -0.3 is 19.9 Å². The van der Waals surface area contributed by atoms with Gasteiger partial charge in [0.2, 0.25) is 5.90 Å². The Labute approximate surface area is 243 Å². The first-order valence-electron chi connectivity index (χ1n) is 12.8. The second-order valence-corrected chi connectivity index (χ2v) is 12.3. The summed E-state index contributed by atoms with van der Waals surface area (Å²) in [4.78, 5) is 18.4. The summed E-state index contributed by atoms with van der Waals surface area (Å²) in [6.07, 6.45) is 0.907. The van der Waals surface area contributed by atoms with Gasteiger partial charge in [-0.2, -0.15) is 0 Å². The van der Waals surface area contributed by atoms with Crippen molar-refractivity contribution < 1.29 is 27.8 Å². The Morgan fingerprint density at radius 3 is 2.52 bits per heavy atom. The number of hydrogen-bond acceptors (Lipinski definition) is 7. The lowest BCUT2D eigenvalue weighted by atomic mass is 9.97. The molecule has 11 heteroatoms. The van der Waals surface area contributed by atoms with Crippen molar-refractivity contribution in [1.29, 1.82) is 0 Å². The number of hydrogen-bond donors (Lipinski definition) is 2. The van der Waals surface area contributed by atoms with Crippen molar-refractivity contribution >= 4 is 44.8 Å². The first-order chi connectivity index (χ1) is 19.2. The van der Waals surface area contributed by atoms with Crippen LogP contribution in [0.3, 0.4) is 0 Å². The normalized spacial score (nSPS) is 16.7. The lowest BCUT2D eigenvalue weighted by molar-refractivity contribution is -0.126. The molecule has 0 spiro atoms. The predicted octanol–water partition coefficient (Wildman–Crippen LogP) is 4.49. The van der Waals surface area contributed by atoms with E-state index in [4.69, 9.17) is 37.8 Å². The van der Waals surface area contributed by atoms with E-state index in [1.165, 1.54) is 12.1 Å². The van der Waals surface area contributed by atoms with Gasteiger partial charge in [-0.05, 0) is 66.9 Å². The molecule has 1 amide bonds. The molecule has 1 aliphatic rings. The van der Waals surface area contributed by atoms with Gasteiger partial charge in [-0.1, -0.05) is 47.5 Å². The highest BCUT2D eigenvalue weighted by molar-refractivity contribution is 7.91. The monoisotopic (exact) mass is 604 g/mol. The van der Waals surface area contributed by atoms with E-state index in [1.54, 1.807) is 60.7 Å². The lowest BCUT2D eigenvalue weighted by Gasteiger charge is -2.23. The molecule has 3 aromatic carbocycles. The number of carbonyl (C=O) groups is 1. The van der Waals surface area contributed by atoms with Crippen LogP contribution in [-0.2, 0) is 25.8 Å². The van der Waals surface area contributed by atoms with Gasteiger partial charge in [0.25, 0.3) is 5.91 Å².